The Kier molecular flexibility index (Phi) is 2.53. The van der Waals surface area contributed by atoms with Crippen LogP contribution in [0.5, 0.6) is 0 Å². The van der Waals surface area contributed by atoms with E-state index in [1.54, 1.807) is 12.1 Å². The molecule has 0 aliphatic rings. The highest BCUT2D eigenvalue weighted by molar-refractivity contribution is 5.84. The monoisotopic (exact) mass is 168 g/mol. The molecule has 0 saturated carbocycles. The molecule has 4 heteroatoms. The van der Waals surface area contributed by atoms with Crippen LogP contribution in [-0.2, 0) is 16.1 Å². The molecule has 0 aromatic carbocycles. The molecule has 1 rings (SSSR count). The average Bonchev–Trinajstić information content (AvgIpc) is 2.51. The maximum Gasteiger partial charge on any atom is 0.373 e. The average molecular weight is 168 g/mol. The van der Waals surface area contributed by atoms with Crippen molar-refractivity contribution in [2.75, 3.05) is 0 Å². The fourth-order valence-corrected chi connectivity index (χ4v) is 0.615. The van der Waals surface area contributed by atoms with Gasteiger partial charge in [-0.05, 0) is 18.7 Å². The minimum Gasteiger partial charge on any atom is -0.502 e. The third-order valence-electron chi connectivity index (χ3n) is 1.16. The number of hydrogen-bond donors (Lipinski definition) is 1. The van der Waals surface area contributed by atoms with Gasteiger partial charge in [0, 0.05) is 0 Å². The largest absolute Gasteiger partial charge is 0.502 e. The van der Waals surface area contributed by atoms with E-state index in [0.29, 0.717) is 5.76 Å². The molecule has 0 bridgehead atoms. The number of ether oxygens (including phenoxy) is 1. The molecule has 1 N–H and O–H groups in total. The van der Waals surface area contributed by atoms with Gasteiger partial charge >= 0.3 is 5.97 Å². The van der Waals surface area contributed by atoms with Crippen molar-refractivity contribution in [3.05, 3.63) is 36.5 Å². The second-order valence-electron chi connectivity index (χ2n) is 2.10. The lowest BCUT2D eigenvalue weighted by atomic mass is 10.5. The molecule has 64 valence electrons. The lowest BCUT2D eigenvalue weighted by Crippen LogP contribution is -2.05. The fourth-order valence-electron chi connectivity index (χ4n) is 0.615. The summed E-state index contributed by atoms with van der Waals surface area (Å²) in [4.78, 5) is 10.6. The number of carbonyl (C=O) groups is 1. The van der Waals surface area contributed by atoms with E-state index >= 15 is 0 Å². The molecule has 0 radical (unpaired) electrons. The highest BCUT2D eigenvalue weighted by atomic mass is 16.6. The molecule has 0 saturated heterocycles. The van der Waals surface area contributed by atoms with Gasteiger partial charge in [-0.1, -0.05) is 0 Å². The van der Waals surface area contributed by atoms with Crippen LogP contribution in [0.2, 0.25) is 0 Å². The van der Waals surface area contributed by atoms with Gasteiger partial charge in [-0.2, -0.15) is 0 Å². The Balaban J connectivity index is 2.37. The number of hydrogen-bond acceptors (Lipinski definition) is 4. The van der Waals surface area contributed by atoms with Crippen LogP contribution in [-0.4, -0.2) is 11.1 Å². The van der Waals surface area contributed by atoms with E-state index in [1.807, 2.05) is 0 Å². The summed E-state index contributed by atoms with van der Waals surface area (Å²) in [5.41, 5.74) is 0. The van der Waals surface area contributed by atoms with E-state index in [-0.39, 0.29) is 6.61 Å². The summed E-state index contributed by atoms with van der Waals surface area (Å²) >= 11 is 0. The van der Waals surface area contributed by atoms with E-state index in [0.717, 1.165) is 0 Å². The Labute approximate surface area is 69.1 Å². The van der Waals surface area contributed by atoms with Crippen LogP contribution in [0.4, 0.5) is 0 Å². The number of aliphatic hydroxyl groups excluding tert-OH is 1. The van der Waals surface area contributed by atoms with E-state index in [1.165, 1.54) is 6.26 Å². The summed E-state index contributed by atoms with van der Waals surface area (Å²) in [6, 6.07) is 3.34. The van der Waals surface area contributed by atoms with Gasteiger partial charge in [0.15, 0.2) is 5.76 Å². The Morgan fingerprint density at radius 3 is 3.00 bits per heavy atom. The number of aliphatic hydroxyl groups is 1. The maximum absolute atomic E-state index is 10.6. The highest BCUT2D eigenvalue weighted by Crippen LogP contribution is 2.02. The second kappa shape index (κ2) is 3.61. The molecule has 0 atom stereocenters. The zero-order valence-corrected chi connectivity index (χ0v) is 6.32. The lowest BCUT2D eigenvalue weighted by Gasteiger charge is -1.99. The Morgan fingerprint density at radius 2 is 2.50 bits per heavy atom. The van der Waals surface area contributed by atoms with Gasteiger partial charge in [-0.25, -0.2) is 4.79 Å². The molecule has 1 aromatic rings. The van der Waals surface area contributed by atoms with Crippen molar-refractivity contribution in [2.24, 2.45) is 0 Å². The van der Waals surface area contributed by atoms with E-state index < -0.39 is 11.7 Å². The number of rotatable bonds is 3. The number of esters is 1. The first-order valence-electron chi connectivity index (χ1n) is 3.27. The summed E-state index contributed by atoms with van der Waals surface area (Å²) in [6.45, 7) is 3.01. The summed E-state index contributed by atoms with van der Waals surface area (Å²) < 4.78 is 9.44. The second-order valence-corrected chi connectivity index (χ2v) is 2.10. The van der Waals surface area contributed by atoms with Crippen LogP contribution in [0, 0.1) is 0 Å². The molecule has 0 aliphatic carbocycles. The van der Waals surface area contributed by atoms with E-state index in [2.05, 4.69) is 11.3 Å². The standard InChI is InChI=1S/C8H8O4/c1-6(9)8(10)12-5-7-3-2-4-11-7/h2-4,9H,1,5H2. The lowest BCUT2D eigenvalue weighted by molar-refractivity contribution is -0.143. The third kappa shape index (κ3) is 2.16. The van der Waals surface area contributed by atoms with Crippen LogP contribution >= 0.6 is 0 Å². The molecular formula is C8H8O4. The molecule has 0 unspecified atom stereocenters. The topological polar surface area (TPSA) is 59.7 Å². The SMILES string of the molecule is C=C(O)C(=O)OCc1ccco1. The Bertz CT molecular complexity index is 273. The smallest absolute Gasteiger partial charge is 0.373 e. The highest BCUT2D eigenvalue weighted by Gasteiger charge is 2.06. The molecule has 0 aliphatic heterocycles. The molecule has 1 aromatic heterocycles. The molecule has 0 amide bonds. The number of furan rings is 1. The first-order chi connectivity index (χ1) is 5.70. The minimum absolute atomic E-state index is 0.00537. The van der Waals surface area contributed by atoms with Gasteiger partial charge in [0.2, 0.25) is 0 Å². The van der Waals surface area contributed by atoms with Crippen molar-refractivity contribution >= 4 is 5.97 Å². The van der Waals surface area contributed by atoms with Crippen molar-refractivity contribution in [3.63, 3.8) is 0 Å². The van der Waals surface area contributed by atoms with Crippen molar-refractivity contribution < 1.29 is 19.1 Å². The van der Waals surface area contributed by atoms with Crippen molar-refractivity contribution in [1.82, 2.24) is 0 Å². The van der Waals surface area contributed by atoms with Gasteiger partial charge in [0.1, 0.15) is 12.4 Å². The number of carbonyl (C=O) groups excluding carboxylic acids is 1. The molecular weight excluding hydrogens is 160 g/mol. The minimum atomic E-state index is -0.841. The van der Waals surface area contributed by atoms with Crippen LogP contribution in [0.25, 0.3) is 0 Å². The molecule has 0 fully saturated rings. The molecule has 1 heterocycles. The zero-order chi connectivity index (χ0) is 8.97. The van der Waals surface area contributed by atoms with Crippen LogP contribution in [0.1, 0.15) is 5.76 Å². The molecule has 4 nitrogen and oxygen atoms in total. The van der Waals surface area contributed by atoms with Crippen molar-refractivity contribution in [1.29, 1.82) is 0 Å². The maximum atomic E-state index is 10.6. The van der Waals surface area contributed by atoms with Crippen molar-refractivity contribution in [3.8, 4) is 0 Å². The quantitative estimate of drug-likeness (QED) is 0.421. The van der Waals surface area contributed by atoms with Gasteiger partial charge in [0.05, 0.1) is 6.26 Å². The van der Waals surface area contributed by atoms with E-state index in [4.69, 9.17) is 9.52 Å². The zero-order valence-electron chi connectivity index (χ0n) is 6.32. The van der Waals surface area contributed by atoms with Crippen molar-refractivity contribution in [2.45, 2.75) is 6.61 Å². The predicted molar refractivity (Wildman–Crippen MR) is 40.3 cm³/mol. The third-order valence-corrected chi connectivity index (χ3v) is 1.16. The summed E-state index contributed by atoms with van der Waals surface area (Å²) in [5.74, 6) is -0.933. The Hall–Kier alpha value is -1.71. The van der Waals surface area contributed by atoms with Crippen LogP contribution in [0.3, 0.4) is 0 Å². The fraction of sp³-hybridized carbons (Fsp3) is 0.125. The summed E-state index contributed by atoms with van der Waals surface area (Å²) in [5, 5.41) is 8.55. The molecule has 12 heavy (non-hydrogen) atoms. The molecule has 0 spiro atoms. The van der Waals surface area contributed by atoms with Crippen LogP contribution < -0.4 is 0 Å². The van der Waals surface area contributed by atoms with E-state index in [9.17, 15) is 4.79 Å². The summed E-state index contributed by atoms with van der Waals surface area (Å²) in [7, 11) is 0. The first kappa shape index (κ1) is 8.39. The summed E-state index contributed by atoms with van der Waals surface area (Å²) in [6.07, 6.45) is 1.47. The van der Waals surface area contributed by atoms with Crippen LogP contribution in [0.15, 0.2) is 35.2 Å². The Morgan fingerprint density at radius 1 is 1.75 bits per heavy atom. The van der Waals surface area contributed by atoms with Gasteiger partial charge in [-0.3, -0.25) is 0 Å². The normalized spacial score (nSPS) is 9.33. The van der Waals surface area contributed by atoms with Gasteiger partial charge in [0.25, 0.3) is 0 Å². The predicted octanol–water partition coefficient (Wildman–Crippen LogP) is 1.39. The van der Waals surface area contributed by atoms with Gasteiger partial charge < -0.3 is 14.3 Å². The first-order valence-corrected chi connectivity index (χ1v) is 3.27. The van der Waals surface area contributed by atoms with Gasteiger partial charge in [-0.15, -0.1) is 0 Å².